The van der Waals surface area contributed by atoms with Crippen molar-refractivity contribution in [2.75, 3.05) is 0 Å². The summed E-state index contributed by atoms with van der Waals surface area (Å²) in [6, 6.07) is 6.14. The van der Waals surface area contributed by atoms with Crippen LogP contribution in [0, 0.1) is 24.4 Å². The maximum Gasteiger partial charge on any atom is 0.255 e. The number of hydrogen-bond acceptors (Lipinski definition) is 1. The number of pyridine rings is 1. The lowest BCUT2D eigenvalue weighted by atomic mass is 9.99. The van der Waals surface area contributed by atoms with E-state index < -0.39 is 23.0 Å². The molecular weight excluding hydrogens is 279 g/mol. The van der Waals surface area contributed by atoms with Gasteiger partial charge in [-0.2, -0.15) is 0 Å². The Morgan fingerprint density at radius 1 is 0.952 bits per heavy atom. The fraction of sp³-hybridized carbons (Fsp3) is 0.0625. The van der Waals surface area contributed by atoms with E-state index >= 15 is 0 Å². The maximum atomic E-state index is 14.1. The number of benzene rings is 2. The topological polar surface area (TPSA) is 32.9 Å². The summed E-state index contributed by atoms with van der Waals surface area (Å²) in [6.07, 6.45) is 1.32. The van der Waals surface area contributed by atoms with Crippen LogP contribution >= 0.6 is 0 Å². The van der Waals surface area contributed by atoms with Crippen LogP contribution in [-0.2, 0) is 0 Å². The van der Waals surface area contributed by atoms with Gasteiger partial charge in [0.05, 0.1) is 10.9 Å². The Morgan fingerprint density at radius 3 is 2.48 bits per heavy atom. The van der Waals surface area contributed by atoms with E-state index in [0.29, 0.717) is 0 Å². The van der Waals surface area contributed by atoms with Gasteiger partial charge in [0.25, 0.3) is 5.56 Å². The van der Waals surface area contributed by atoms with Crippen LogP contribution in [-0.4, -0.2) is 4.98 Å². The van der Waals surface area contributed by atoms with Gasteiger partial charge in [-0.3, -0.25) is 4.79 Å². The molecule has 0 spiro atoms. The van der Waals surface area contributed by atoms with Crippen LogP contribution in [0.2, 0.25) is 0 Å². The summed E-state index contributed by atoms with van der Waals surface area (Å²) >= 11 is 0. The zero-order chi connectivity index (χ0) is 15.1. The molecule has 3 aromatic rings. The molecule has 1 aromatic heterocycles. The lowest BCUT2D eigenvalue weighted by molar-refractivity contribution is 0.583. The van der Waals surface area contributed by atoms with Gasteiger partial charge < -0.3 is 4.98 Å². The first kappa shape index (κ1) is 13.4. The molecule has 2 nitrogen and oxygen atoms in total. The molecule has 3 rings (SSSR count). The van der Waals surface area contributed by atoms with Crippen LogP contribution in [0.15, 0.2) is 41.3 Å². The highest BCUT2D eigenvalue weighted by Gasteiger charge is 2.16. The van der Waals surface area contributed by atoms with Crippen molar-refractivity contribution in [3.8, 4) is 11.1 Å². The molecule has 21 heavy (non-hydrogen) atoms. The van der Waals surface area contributed by atoms with Gasteiger partial charge in [-0.05, 0) is 42.3 Å². The number of nitrogens with one attached hydrogen (secondary N) is 1. The van der Waals surface area contributed by atoms with Crippen molar-refractivity contribution in [3.63, 3.8) is 0 Å². The Labute approximate surface area is 117 Å². The summed E-state index contributed by atoms with van der Waals surface area (Å²) < 4.78 is 42.1. The van der Waals surface area contributed by atoms with Crippen molar-refractivity contribution in [2.24, 2.45) is 0 Å². The summed E-state index contributed by atoms with van der Waals surface area (Å²) in [5, 5.41) is 0.156. The molecule has 2 aromatic carbocycles. The Balaban J connectivity index is 2.40. The number of aryl methyl sites for hydroxylation is 1. The first-order chi connectivity index (χ1) is 9.99. The third kappa shape index (κ3) is 2.11. The maximum absolute atomic E-state index is 14.1. The molecule has 1 heterocycles. The molecule has 0 aliphatic rings. The van der Waals surface area contributed by atoms with Crippen molar-refractivity contribution >= 4 is 10.8 Å². The number of rotatable bonds is 1. The second-order valence-electron chi connectivity index (χ2n) is 4.78. The summed E-state index contributed by atoms with van der Waals surface area (Å²) in [6.45, 7) is 1.49. The molecule has 0 bridgehead atoms. The van der Waals surface area contributed by atoms with Crippen LogP contribution < -0.4 is 5.56 Å². The number of H-pyrrole nitrogens is 1. The molecule has 0 unspecified atom stereocenters. The average molecular weight is 289 g/mol. The van der Waals surface area contributed by atoms with E-state index in [-0.39, 0.29) is 27.5 Å². The summed E-state index contributed by atoms with van der Waals surface area (Å²) in [5.74, 6) is -2.26. The average Bonchev–Trinajstić information content (AvgIpc) is 2.45. The highest BCUT2D eigenvalue weighted by molar-refractivity contribution is 5.87. The van der Waals surface area contributed by atoms with E-state index in [1.165, 1.54) is 31.3 Å². The molecule has 0 fully saturated rings. The van der Waals surface area contributed by atoms with Gasteiger partial charge in [0.1, 0.15) is 17.5 Å². The van der Waals surface area contributed by atoms with Gasteiger partial charge >= 0.3 is 0 Å². The summed E-state index contributed by atoms with van der Waals surface area (Å²) in [7, 11) is 0. The zero-order valence-corrected chi connectivity index (χ0v) is 11.0. The Kier molecular flexibility index (Phi) is 3.05. The predicted octanol–water partition coefficient (Wildman–Crippen LogP) is 3.92. The van der Waals surface area contributed by atoms with Crippen molar-refractivity contribution in [1.82, 2.24) is 4.98 Å². The lowest BCUT2D eigenvalue weighted by Gasteiger charge is -2.09. The molecule has 0 saturated heterocycles. The minimum atomic E-state index is -0.802. The highest BCUT2D eigenvalue weighted by atomic mass is 19.1. The van der Waals surface area contributed by atoms with Crippen molar-refractivity contribution in [2.45, 2.75) is 6.92 Å². The first-order valence-corrected chi connectivity index (χ1v) is 6.25. The monoisotopic (exact) mass is 289 g/mol. The molecule has 0 aliphatic heterocycles. The van der Waals surface area contributed by atoms with Gasteiger partial charge in [0.15, 0.2) is 0 Å². The molecule has 0 aliphatic carbocycles. The second-order valence-corrected chi connectivity index (χ2v) is 4.78. The summed E-state index contributed by atoms with van der Waals surface area (Å²) in [5.41, 5.74) is -0.606. The van der Waals surface area contributed by atoms with Gasteiger partial charge in [-0.25, -0.2) is 13.2 Å². The molecule has 0 radical (unpaired) electrons. The number of fused-ring (bicyclic) bond motifs is 1. The highest BCUT2D eigenvalue weighted by Crippen LogP contribution is 2.30. The standard InChI is InChI=1S/C16H10F3NO/c1-8-2-3-12(17)14(15(8)19)9-6-11-10(13(18)7-9)4-5-20-16(11)21/h2-7H,1H3,(H,20,21). The van der Waals surface area contributed by atoms with Crippen LogP contribution in [0.5, 0.6) is 0 Å². The zero-order valence-electron chi connectivity index (χ0n) is 11.0. The number of halogens is 3. The van der Waals surface area contributed by atoms with Gasteiger partial charge in [-0.1, -0.05) is 6.07 Å². The second kappa shape index (κ2) is 4.77. The molecule has 106 valence electrons. The van der Waals surface area contributed by atoms with Crippen molar-refractivity contribution < 1.29 is 13.2 Å². The Hall–Kier alpha value is -2.56. The van der Waals surface area contributed by atoms with Gasteiger partial charge in [0, 0.05) is 11.6 Å². The van der Waals surface area contributed by atoms with Crippen LogP contribution in [0.1, 0.15) is 5.56 Å². The normalized spacial score (nSPS) is 11.0. The van der Waals surface area contributed by atoms with E-state index in [4.69, 9.17) is 0 Å². The quantitative estimate of drug-likeness (QED) is 0.723. The van der Waals surface area contributed by atoms with E-state index in [1.54, 1.807) is 0 Å². The van der Waals surface area contributed by atoms with Crippen molar-refractivity contribution in [1.29, 1.82) is 0 Å². The molecule has 0 saturated carbocycles. The minimum absolute atomic E-state index is 0.00426. The molecular formula is C16H10F3NO. The predicted molar refractivity (Wildman–Crippen MR) is 74.6 cm³/mol. The minimum Gasteiger partial charge on any atom is -0.329 e. The third-order valence-electron chi connectivity index (χ3n) is 3.41. The van der Waals surface area contributed by atoms with Crippen molar-refractivity contribution in [3.05, 3.63) is 69.9 Å². The SMILES string of the molecule is Cc1ccc(F)c(-c2cc(F)c3cc[nH]c(=O)c3c2)c1F. The fourth-order valence-corrected chi connectivity index (χ4v) is 2.32. The fourth-order valence-electron chi connectivity index (χ4n) is 2.32. The molecule has 1 N–H and O–H groups in total. The smallest absolute Gasteiger partial charge is 0.255 e. The molecule has 0 atom stereocenters. The number of hydrogen-bond donors (Lipinski definition) is 1. The van der Waals surface area contributed by atoms with E-state index in [2.05, 4.69) is 4.98 Å². The van der Waals surface area contributed by atoms with E-state index in [0.717, 1.165) is 12.1 Å². The first-order valence-electron chi connectivity index (χ1n) is 6.25. The summed E-state index contributed by atoms with van der Waals surface area (Å²) in [4.78, 5) is 14.2. The van der Waals surface area contributed by atoms with E-state index in [9.17, 15) is 18.0 Å². The third-order valence-corrected chi connectivity index (χ3v) is 3.41. The number of aromatic nitrogens is 1. The van der Waals surface area contributed by atoms with Crippen LogP contribution in [0.4, 0.5) is 13.2 Å². The van der Waals surface area contributed by atoms with E-state index in [1.807, 2.05) is 0 Å². The molecule has 0 amide bonds. The van der Waals surface area contributed by atoms with Crippen LogP contribution in [0.3, 0.4) is 0 Å². The van der Waals surface area contributed by atoms with Crippen LogP contribution in [0.25, 0.3) is 21.9 Å². The Morgan fingerprint density at radius 2 is 1.71 bits per heavy atom. The van der Waals surface area contributed by atoms with Gasteiger partial charge in [0.2, 0.25) is 0 Å². The van der Waals surface area contributed by atoms with Gasteiger partial charge in [-0.15, -0.1) is 0 Å². The lowest BCUT2D eigenvalue weighted by Crippen LogP contribution is -2.06. The number of aromatic amines is 1. The largest absolute Gasteiger partial charge is 0.329 e. The molecule has 5 heteroatoms. The Bertz CT molecular complexity index is 915.